The molecule has 1 aromatic carbocycles. The van der Waals surface area contributed by atoms with Gasteiger partial charge in [-0.05, 0) is 56.9 Å². The SMILES string of the molecule is C[C@@H]1OC(=O)N[C@H]1C(=O)Nc1ccc(OC2CCCC2)cc1. The molecule has 118 valence electrons. The van der Waals surface area contributed by atoms with Gasteiger partial charge in [0.15, 0.2) is 0 Å². The van der Waals surface area contributed by atoms with Gasteiger partial charge >= 0.3 is 6.09 Å². The molecule has 1 aliphatic heterocycles. The molecule has 2 aliphatic rings. The van der Waals surface area contributed by atoms with Crippen molar-refractivity contribution in [1.29, 1.82) is 0 Å². The summed E-state index contributed by atoms with van der Waals surface area (Å²) in [6.45, 7) is 1.68. The normalized spacial score (nSPS) is 24.7. The maximum Gasteiger partial charge on any atom is 0.408 e. The van der Waals surface area contributed by atoms with Crippen LogP contribution in [0.25, 0.3) is 0 Å². The van der Waals surface area contributed by atoms with E-state index in [-0.39, 0.29) is 5.91 Å². The van der Waals surface area contributed by atoms with E-state index in [2.05, 4.69) is 10.6 Å². The first-order chi connectivity index (χ1) is 10.6. The molecular weight excluding hydrogens is 284 g/mol. The molecule has 0 aromatic heterocycles. The van der Waals surface area contributed by atoms with E-state index in [9.17, 15) is 9.59 Å². The number of benzene rings is 1. The second-order valence-electron chi connectivity index (χ2n) is 5.77. The largest absolute Gasteiger partial charge is 0.490 e. The maximum atomic E-state index is 12.1. The highest BCUT2D eigenvalue weighted by atomic mass is 16.6. The third-order valence-corrected chi connectivity index (χ3v) is 4.04. The number of alkyl carbamates (subject to hydrolysis) is 1. The van der Waals surface area contributed by atoms with Crippen LogP contribution >= 0.6 is 0 Å². The van der Waals surface area contributed by atoms with Crippen molar-refractivity contribution >= 4 is 17.7 Å². The third-order valence-electron chi connectivity index (χ3n) is 4.04. The van der Waals surface area contributed by atoms with E-state index in [0.29, 0.717) is 11.8 Å². The monoisotopic (exact) mass is 304 g/mol. The maximum absolute atomic E-state index is 12.1. The number of carbonyl (C=O) groups excluding carboxylic acids is 2. The lowest BCUT2D eigenvalue weighted by atomic mass is 10.2. The van der Waals surface area contributed by atoms with E-state index < -0.39 is 18.2 Å². The minimum atomic E-state index is -0.665. The van der Waals surface area contributed by atoms with Crippen LogP contribution in [-0.4, -0.2) is 30.3 Å². The Hall–Kier alpha value is -2.24. The van der Waals surface area contributed by atoms with Crippen molar-refractivity contribution in [3.05, 3.63) is 24.3 Å². The highest BCUT2D eigenvalue weighted by Gasteiger charge is 2.36. The quantitative estimate of drug-likeness (QED) is 0.895. The minimum absolute atomic E-state index is 0.289. The Labute approximate surface area is 129 Å². The van der Waals surface area contributed by atoms with Crippen LogP contribution < -0.4 is 15.4 Å². The van der Waals surface area contributed by atoms with Gasteiger partial charge in [-0.2, -0.15) is 0 Å². The second-order valence-corrected chi connectivity index (χ2v) is 5.77. The van der Waals surface area contributed by atoms with Crippen LogP contribution in [-0.2, 0) is 9.53 Å². The molecule has 3 rings (SSSR count). The van der Waals surface area contributed by atoms with Crippen molar-refractivity contribution in [3.8, 4) is 5.75 Å². The Morgan fingerprint density at radius 2 is 1.95 bits per heavy atom. The van der Waals surface area contributed by atoms with Crippen LogP contribution in [0.2, 0.25) is 0 Å². The fourth-order valence-corrected chi connectivity index (χ4v) is 2.83. The van der Waals surface area contributed by atoms with Gasteiger partial charge in [0.25, 0.3) is 5.91 Å². The third kappa shape index (κ3) is 3.32. The van der Waals surface area contributed by atoms with Crippen LogP contribution in [0.4, 0.5) is 10.5 Å². The number of ether oxygens (including phenoxy) is 2. The summed E-state index contributed by atoms with van der Waals surface area (Å²) >= 11 is 0. The Morgan fingerprint density at radius 1 is 1.27 bits per heavy atom. The summed E-state index contributed by atoms with van der Waals surface area (Å²) in [4.78, 5) is 23.2. The molecule has 1 aromatic rings. The van der Waals surface area contributed by atoms with E-state index in [4.69, 9.17) is 9.47 Å². The molecule has 0 unspecified atom stereocenters. The summed E-state index contributed by atoms with van der Waals surface area (Å²) < 4.78 is 10.8. The van der Waals surface area contributed by atoms with Crippen molar-refractivity contribution in [3.63, 3.8) is 0 Å². The Kier molecular flexibility index (Phi) is 4.18. The number of amides is 2. The summed E-state index contributed by atoms with van der Waals surface area (Å²) in [7, 11) is 0. The number of rotatable bonds is 4. The molecule has 6 nitrogen and oxygen atoms in total. The van der Waals surface area contributed by atoms with E-state index in [1.807, 2.05) is 12.1 Å². The highest BCUT2D eigenvalue weighted by molar-refractivity contribution is 5.98. The van der Waals surface area contributed by atoms with Gasteiger partial charge in [0.05, 0.1) is 6.10 Å². The first-order valence-corrected chi connectivity index (χ1v) is 7.66. The lowest BCUT2D eigenvalue weighted by molar-refractivity contribution is -0.118. The van der Waals surface area contributed by atoms with Crippen LogP contribution in [0.5, 0.6) is 5.75 Å². The van der Waals surface area contributed by atoms with Crippen molar-refractivity contribution in [1.82, 2.24) is 5.32 Å². The van der Waals surface area contributed by atoms with Crippen LogP contribution in [0, 0.1) is 0 Å². The van der Waals surface area contributed by atoms with E-state index in [1.165, 1.54) is 12.8 Å². The van der Waals surface area contributed by atoms with Gasteiger partial charge in [0.2, 0.25) is 0 Å². The average molecular weight is 304 g/mol. The van der Waals surface area contributed by atoms with E-state index >= 15 is 0 Å². The number of carbonyl (C=O) groups is 2. The zero-order valence-corrected chi connectivity index (χ0v) is 12.5. The number of anilines is 1. The zero-order chi connectivity index (χ0) is 15.5. The van der Waals surface area contributed by atoms with Crippen molar-refractivity contribution in [2.45, 2.75) is 50.9 Å². The van der Waals surface area contributed by atoms with Crippen molar-refractivity contribution in [2.24, 2.45) is 0 Å². The van der Waals surface area contributed by atoms with Gasteiger partial charge in [-0.1, -0.05) is 0 Å². The predicted molar refractivity (Wildman–Crippen MR) is 80.8 cm³/mol. The number of cyclic esters (lactones) is 1. The van der Waals surface area contributed by atoms with Crippen LogP contribution in [0.15, 0.2) is 24.3 Å². The second kappa shape index (κ2) is 6.25. The molecule has 1 saturated carbocycles. The van der Waals surface area contributed by atoms with E-state index in [0.717, 1.165) is 18.6 Å². The molecule has 1 heterocycles. The summed E-state index contributed by atoms with van der Waals surface area (Å²) in [5.74, 6) is 0.526. The summed E-state index contributed by atoms with van der Waals surface area (Å²) in [6.07, 6.45) is 3.95. The predicted octanol–water partition coefficient (Wildman–Crippen LogP) is 2.44. The fraction of sp³-hybridized carbons (Fsp3) is 0.500. The smallest absolute Gasteiger partial charge is 0.408 e. The van der Waals surface area contributed by atoms with Crippen molar-refractivity contribution in [2.75, 3.05) is 5.32 Å². The van der Waals surface area contributed by atoms with Crippen LogP contribution in [0.3, 0.4) is 0 Å². The summed E-state index contributed by atoms with van der Waals surface area (Å²) in [5, 5.41) is 5.25. The molecule has 1 saturated heterocycles. The lowest BCUT2D eigenvalue weighted by Crippen LogP contribution is -2.41. The molecule has 0 bridgehead atoms. The summed E-state index contributed by atoms with van der Waals surface area (Å²) in [5.41, 5.74) is 0.664. The van der Waals surface area contributed by atoms with Gasteiger partial charge in [-0.15, -0.1) is 0 Å². The highest BCUT2D eigenvalue weighted by Crippen LogP contribution is 2.25. The molecule has 2 N–H and O–H groups in total. The van der Waals surface area contributed by atoms with Crippen molar-refractivity contribution < 1.29 is 19.1 Å². The zero-order valence-electron chi connectivity index (χ0n) is 12.5. The minimum Gasteiger partial charge on any atom is -0.490 e. The number of hydrogen-bond acceptors (Lipinski definition) is 4. The standard InChI is InChI=1S/C16H20N2O4/c1-10-14(18-16(20)21-10)15(19)17-11-6-8-13(9-7-11)22-12-4-2-3-5-12/h6-10,12,14H,2-5H2,1H3,(H,17,19)(H,18,20)/t10-,14+/m0/s1. The Bertz CT molecular complexity index is 552. The average Bonchev–Trinajstić information content (AvgIpc) is 3.10. The van der Waals surface area contributed by atoms with Gasteiger partial charge < -0.3 is 20.1 Å². The molecule has 0 spiro atoms. The molecule has 2 atom stereocenters. The number of hydrogen-bond donors (Lipinski definition) is 2. The van der Waals surface area contributed by atoms with Gasteiger partial charge in [0.1, 0.15) is 17.9 Å². The molecular formula is C16H20N2O4. The summed E-state index contributed by atoms with van der Waals surface area (Å²) in [6, 6.07) is 6.62. The Morgan fingerprint density at radius 3 is 2.55 bits per heavy atom. The molecule has 1 aliphatic carbocycles. The topological polar surface area (TPSA) is 76.7 Å². The molecule has 2 fully saturated rings. The van der Waals surface area contributed by atoms with Gasteiger partial charge in [-0.3, -0.25) is 4.79 Å². The molecule has 0 radical (unpaired) electrons. The first-order valence-electron chi connectivity index (χ1n) is 7.66. The van der Waals surface area contributed by atoms with Gasteiger partial charge in [-0.25, -0.2) is 4.79 Å². The van der Waals surface area contributed by atoms with Crippen LogP contribution in [0.1, 0.15) is 32.6 Å². The molecule has 22 heavy (non-hydrogen) atoms. The van der Waals surface area contributed by atoms with E-state index in [1.54, 1.807) is 19.1 Å². The van der Waals surface area contributed by atoms with Gasteiger partial charge in [0, 0.05) is 5.69 Å². The fourth-order valence-electron chi connectivity index (χ4n) is 2.83. The first kappa shape index (κ1) is 14.7. The lowest BCUT2D eigenvalue weighted by Gasteiger charge is -2.15. The number of nitrogens with one attached hydrogen (secondary N) is 2. The molecule has 6 heteroatoms. The Balaban J connectivity index is 1.56. The molecule has 2 amide bonds.